The lowest BCUT2D eigenvalue weighted by Gasteiger charge is -2.40. The molecular formula is C16H17N. The number of hydrogen-bond acceptors (Lipinski definition) is 1. The summed E-state index contributed by atoms with van der Waals surface area (Å²) in [6, 6.07) is 6.97. The first kappa shape index (κ1) is 9.64. The molecule has 1 heterocycles. The van der Waals surface area contributed by atoms with Crippen molar-refractivity contribution in [2.75, 3.05) is 0 Å². The van der Waals surface area contributed by atoms with Gasteiger partial charge >= 0.3 is 0 Å². The summed E-state index contributed by atoms with van der Waals surface area (Å²) in [4.78, 5) is 4.87. The standard InChI is InChI=1S/C16H17N/c1-10-4-5-12-13-9-11(2)17-15(13)16(6-3-7-16)14(12)8-10/h4-5,8H,3,6-7,9H2,1-2H3. The Balaban J connectivity index is 1.98. The van der Waals surface area contributed by atoms with Crippen molar-refractivity contribution in [3.8, 4) is 0 Å². The molecular weight excluding hydrogens is 206 g/mol. The highest BCUT2D eigenvalue weighted by molar-refractivity contribution is 6.02. The summed E-state index contributed by atoms with van der Waals surface area (Å²) in [5.74, 6) is 0. The Morgan fingerprint density at radius 2 is 2.00 bits per heavy atom. The zero-order valence-electron chi connectivity index (χ0n) is 10.5. The first-order valence-electron chi connectivity index (χ1n) is 6.60. The van der Waals surface area contributed by atoms with Crippen LogP contribution in [0.25, 0.3) is 5.57 Å². The zero-order chi connectivity index (χ0) is 11.6. The Morgan fingerprint density at radius 3 is 2.71 bits per heavy atom. The van der Waals surface area contributed by atoms with Gasteiger partial charge in [0.25, 0.3) is 0 Å². The molecule has 17 heavy (non-hydrogen) atoms. The van der Waals surface area contributed by atoms with E-state index in [9.17, 15) is 0 Å². The number of aryl methyl sites for hydroxylation is 1. The van der Waals surface area contributed by atoms with Gasteiger partial charge in [0.15, 0.2) is 0 Å². The van der Waals surface area contributed by atoms with Gasteiger partial charge in [0, 0.05) is 17.5 Å². The van der Waals surface area contributed by atoms with Crippen molar-refractivity contribution in [2.24, 2.45) is 4.99 Å². The average molecular weight is 223 g/mol. The molecule has 0 amide bonds. The molecule has 4 rings (SSSR count). The van der Waals surface area contributed by atoms with Gasteiger partial charge in [-0.25, -0.2) is 0 Å². The van der Waals surface area contributed by atoms with Crippen molar-refractivity contribution >= 4 is 11.3 Å². The lowest BCUT2D eigenvalue weighted by atomic mass is 9.64. The number of aliphatic imine (C=N–C) groups is 1. The van der Waals surface area contributed by atoms with Crippen LogP contribution in [0.3, 0.4) is 0 Å². The van der Waals surface area contributed by atoms with Gasteiger partial charge in [0.2, 0.25) is 0 Å². The van der Waals surface area contributed by atoms with Crippen LogP contribution in [0.1, 0.15) is 49.3 Å². The van der Waals surface area contributed by atoms with E-state index in [4.69, 9.17) is 4.99 Å². The minimum atomic E-state index is 0.314. The molecule has 0 bridgehead atoms. The van der Waals surface area contributed by atoms with E-state index in [0.717, 1.165) is 6.42 Å². The third-order valence-corrected chi connectivity index (χ3v) is 4.70. The molecule has 0 saturated heterocycles. The highest BCUT2D eigenvalue weighted by Crippen LogP contribution is 2.60. The van der Waals surface area contributed by atoms with E-state index in [1.165, 1.54) is 47.4 Å². The van der Waals surface area contributed by atoms with Crippen molar-refractivity contribution in [1.82, 2.24) is 0 Å². The molecule has 1 saturated carbocycles. The van der Waals surface area contributed by atoms with Crippen LogP contribution in [0.5, 0.6) is 0 Å². The smallest absolute Gasteiger partial charge is 0.0550 e. The number of rotatable bonds is 0. The maximum atomic E-state index is 4.87. The Morgan fingerprint density at radius 1 is 1.18 bits per heavy atom. The molecule has 86 valence electrons. The Kier molecular flexibility index (Phi) is 1.64. The molecule has 0 radical (unpaired) electrons. The third-order valence-electron chi connectivity index (χ3n) is 4.70. The highest BCUT2D eigenvalue weighted by Gasteiger charge is 2.50. The minimum absolute atomic E-state index is 0.314. The van der Waals surface area contributed by atoms with Crippen LogP contribution < -0.4 is 0 Å². The van der Waals surface area contributed by atoms with Gasteiger partial charge in [-0.15, -0.1) is 0 Å². The van der Waals surface area contributed by atoms with Crippen LogP contribution in [0.2, 0.25) is 0 Å². The highest BCUT2D eigenvalue weighted by atomic mass is 14.9. The van der Waals surface area contributed by atoms with Crippen LogP contribution >= 0.6 is 0 Å². The topological polar surface area (TPSA) is 12.4 Å². The Bertz CT molecular complexity index is 586. The van der Waals surface area contributed by atoms with E-state index in [-0.39, 0.29) is 0 Å². The fraction of sp³-hybridized carbons (Fsp3) is 0.438. The van der Waals surface area contributed by atoms with E-state index in [0.29, 0.717) is 5.41 Å². The molecule has 3 aliphatic rings. The molecule has 0 N–H and O–H groups in total. The van der Waals surface area contributed by atoms with Gasteiger partial charge < -0.3 is 0 Å². The summed E-state index contributed by atoms with van der Waals surface area (Å²) in [6.07, 6.45) is 5.05. The summed E-state index contributed by atoms with van der Waals surface area (Å²) in [5, 5.41) is 0. The summed E-state index contributed by atoms with van der Waals surface area (Å²) in [7, 11) is 0. The van der Waals surface area contributed by atoms with Gasteiger partial charge in [0.05, 0.1) is 5.70 Å². The van der Waals surface area contributed by atoms with Crippen LogP contribution in [0, 0.1) is 6.92 Å². The van der Waals surface area contributed by atoms with Gasteiger partial charge in [-0.2, -0.15) is 0 Å². The molecule has 0 unspecified atom stereocenters. The third kappa shape index (κ3) is 1.03. The molecule has 1 aromatic rings. The number of nitrogens with zero attached hydrogens (tertiary/aromatic N) is 1. The monoisotopic (exact) mass is 223 g/mol. The van der Waals surface area contributed by atoms with Crippen molar-refractivity contribution < 1.29 is 0 Å². The molecule has 1 nitrogen and oxygen atoms in total. The molecule has 1 aromatic carbocycles. The molecule has 0 atom stereocenters. The quantitative estimate of drug-likeness (QED) is 0.630. The van der Waals surface area contributed by atoms with Crippen molar-refractivity contribution in [2.45, 2.75) is 44.9 Å². The van der Waals surface area contributed by atoms with E-state index in [1.54, 1.807) is 5.56 Å². The van der Waals surface area contributed by atoms with Gasteiger partial charge in [-0.3, -0.25) is 4.99 Å². The van der Waals surface area contributed by atoms with E-state index >= 15 is 0 Å². The predicted octanol–water partition coefficient (Wildman–Crippen LogP) is 4.01. The van der Waals surface area contributed by atoms with Gasteiger partial charge in [0.1, 0.15) is 0 Å². The molecule has 1 fully saturated rings. The lowest BCUT2D eigenvalue weighted by Crippen LogP contribution is -2.34. The van der Waals surface area contributed by atoms with Gasteiger partial charge in [-0.1, -0.05) is 30.2 Å². The van der Waals surface area contributed by atoms with Gasteiger partial charge in [-0.05, 0) is 43.4 Å². The fourth-order valence-electron chi connectivity index (χ4n) is 3.74. The maximum absolute atomic E-state index is 4.87. The van der Waals surface area contributed by atoms with Crippen LogP contribution in [0.15, 0.2) is 28.9 Å². The number of benzene rings is 1. The van der Waals surface area contributed by atoms with Crippen LogP contribution in [-0.2, 0) is 5.41 Å². The molecule has 0 aromatic heterocycles. The molecule has 1 heteroatoms. The Hall–Kier alpha value is -1.37. The summed E-state index contributed by atoms with van der Waals surface area (Å²) in [6.45, 7) is 4.36. The van der Waals surface area contributed by atoms with Crippen molar-refractivity contribution in [3.05, 3.63) is 40.6 Å². The van der Waals surface area contributed by atoms with E-state index < -0.39 is 0 Å². The first-order chi connectivity index (χ1) is 8.21. The molecule has 1 aliphatic heterocycles. The van der Waals surface area contributed by atoms with Crippen molar-refractivity contribution in [1.29, 1.82) is 0 Å². The SMILES string of the molecule is CC1=NC2=C(C1)c1ccc(C)cc1C21CCC1. The number of allylic oxidation sites excluding steroid dienone is 2. The summed E-state index contributed by atoms with van der Waals surface area (Å²) in [5.41, 5.74) is 9.01. The van der Waals surface area contributed by atoms with Crippen molar-refractivity contribution in [3.63, 3.8) is 0 Å². The second-order valence-corrected chi connectivity index (χ2v) is 5.84. The lowest BCUT2D eigenvalue weighted by molar-refractivity contribution is 0.298. The second kappa shape index (κ2) is 2.90. The Labute approximate surface area is 102 Å². The first-order valence-corrected chi connectivity index (χ1v) is 6.60. The summed E-state index contributed by atoms with van der Waals surface area (Å²) >= 11 is 0. The molecule has 2 aliphatic carbocycles. The second-order valence-electron chi connectivity index (χ2n) is 5.84. The van der Waals surface area contributed by atoms with E-state index in [2.05, 4.69) is 32.0 Å². The normalized spacial score (nSPS) is 23.5. The summed E-state index contributed by atoms with van der Waals surface area (Å²) < 4.78 is 0. The zero-order valence-corrected chi connectivity index (χ0v) is 10.5. The maximum Gasteiger partial charge on any atom is 0.0550 e. The minimum Gasteiger partial charge on any atom is -0.261 e. The average Bonchev–Trinajstić information content (AvgIpc) is 2.69. The van der Waals surface area contributed by atoms with Crippen LogP contribution in [-0.4, -0.2) is 5.71 Å². The largest absolute Gasteiger partial charge is 0.261 e. The fourth-order valence-corrected chi connectivity index (χ4v) is 3.74. The van der Waals surface area contributed by atoms with E-state index in [1.807, 2.05) is 0 Å². The number of fused-ring (bicyclic) bond motifs is 4. The predicted molar refractivity (Wildman–Crippen MR) is 71.4 cm³/mol. The van der Waals surface area contributed by atoms with Crippen LogP contribution in [0.4, 0.5) is 0 Å². The number of hydrogen-bond donors (Lipinski definition) is 0. The molecule has 1 spiro atoms.